The molecule has 7 rings (SSSR count). The highest BCUT2D eigenvalue weighted by atomic mass is 16.5. The molecule has 2 saturated heterocycles. The molecule has 0 amide bonds. The van der Waals surface area contributed by atoms with Gasteiger partial charge >= 0.3 is 5.97 Å². The molecule has 9 nitrogen and oxygen atoms in total. The molecule has 2 fully saturated rings. The Labute approximate surface area is 243 Å². The number of piperidine rings is 1. The number of hydrogen-bond acceptors (Lipinski definition) is 7. The maximum Gasteiger partial charge on any atom is 0.335 e. The molecule has 9 heteroatoms. The summed E-state index contributed by atoms with van der Waals surface area (Å²) in [6.45, 7) is 4.42. The van der Waals surface area contributed by atoms with E-state index in [2.05, 4.69) is 38.7 Å². The van der Waals surface area contributed by atoms with Crippen LogP contribution in [0.3, 0.4) is 0 Å². The summed E-state index contributed by atoms with van der Waals surface area (Å²) >= 11 is 0. The molecule has 0 aliphatic carbocycles. The van der Waals surface area contributed by atoms with Crippen LogP contribution in [0.1, 0.15) is 52.8 Å². The summed E-state index contributed by atoms with van der Waals surface area (Å²) in [4.78, 5) is 28.3. The van der Waals surface area contributed by atoms with Gasteiger partial charge in [-0.25, -0.2) is 14.8 Å². The Hall–Kier alpha value is -4.34. The van der Waals surface area contributed by atoms with Crippen LogP contribution in [0.25, 0.3) is 21.8 Å². The lowest BCUT2D eigenvalue weighted by atomic mass is 9.93. The number of carbonyl (C=O) groups is 1. The lowest BCUT2D eigenvalue weighted by Crippen LogP contribution is -2.35. The van der Waals surface area contributed by atoms with Crippen LogP contribution in [-0.4, -0.2) is 61.3 Å². The van der Waals surface area contributed by atoms with Gasteiger partial charge in [-0.2, -0.15) is 0 Å². The van der Waals surface area contributed by atoms with Crippen molar-refractivity contribution in [3.63, 3.8) is 0 Å². The molecule has 1 N–H and O–H groups in total. The van der Waals surface area contributed by atoms with Crippen molar-refractivity contribution >= 4 is 27.8 Å². The van der Waals surface area contributed by atoms with Gasteiger partial charge < -0.3 is 19.1 Å². The fraction of sp³-hybridized carbons (Fsp3) is 0.333. The van der Waals surface area contributed by atoms with Crippen LogP contribution in [0, 0.1) is 0 Å². The van der Waals surface area contributed by atoms with Crippen LogP contribution in [0.2, 0.25) is 0 Å². The molecule has 2 aliphatic rings. The fourth-order valence-electron chi connectivity index (χ4n) is 5.94. The molecule has 0 saturated carbocycles. The first kappa shape index (κ1) is 26.6. The number of pyridine rings is 2. The largest absolute Gasteiger partial charge is 0.478 e. The average Bonchev–Trinajstić information content (AvgIpc) is 3.34. The van der Waals surface area contributed by atoms with E-state index >= 15 is 0 Å². The molecule has 0 bridgehead atoms. The maximum atomic E-state index is 11.6. The van der Waals surface area contributed by atoms with Gasteiger partial charge in [0.05, 0.1) is 41.5 Å². The van der Waals surface area contributed by atoms with Crippen LogP contribution < -0.4 is 4.74 Å². The number of aromatic nitrogens is 4. The molecule has 2 aromatic carbocycles. The minimum atomic E-state index is -0.929. The maximum absolute atomic E-state index is 11.6. The van der Waals surface area contributed by atoms with E-state index in [-0.39, 0.29) is 11.7 Å². The quantitative estimate of drug-likeness (QED) is 0.254. The van der Waals surface area contributed by atoms with Crippen molar-refractivity contribution < 1.29 is 19.4 Å². The number of rotatable bonds is 9. The molecule has 42 heavy (non-hydrogen) atoms. The standard InChI is InChI=1S/C33H33N5O4/c39-33(40)24-8-9-29-30(17-24)38(19-27-12-15-41-27)31(35-29)20-37-13-10-22(11-14-37)28-6-3-7-32(36-28)42-21-26-16-23-4-1-2-5-25(23)18-34-26/h1-9,16-18,22,27H,10-15,19-21H2,(H,39,40). The van der Waals surface area contributed by atoms with E-state index in [0.717, 1.165) is 78.0 Å². The number of carboxylic acids is 1. The highest BCUT2D eigenvalue weighted by Crippen LogP contribution is 2.30. The van der Waals surface area contributed by atoms with Crippen molar-refractivity contribution in [3.8, 4) is 5.88 Å². The molecule has 1 unspecified atom stereocenters. The van der Waals surface area contributed by atoms with Crippen LogP contribution in [0.4, 0.5) is 0 Å². The monoisotopic (exact) mass is 563 g/mol. The summed E-state index contributed by atoms with van der Waals surface area (Å²) in [6, 6.07) is 21.4. The number of benzene rings is 2. The van der Waals surface area contributed by atoms with Gasteiger partial charge in [-0.15, -0.1) is 0 Å². The number of fused-ring (bicyclic) bond motifs is 2. The van der Waals surface area contributed by atoms with Gasteiger partial charge in [0.2, 0.25) is 5.88 Å². The van der Waals surface area contributed by atoms with Crippen LogP contribution in [-0.2, 0) is 24.4 Å². The van der Waals surface area contributed by atoms with E-state index in [1.54, 1.807) is 12.1 Å². The number of aromatic carboxylic acids is 1. The predicted molar refractivity (Wildman–Crippen MR) is 159 cm³/mol. The van der Waals surface area contributed by atoms with Gasteiger partial charge in [-0.3, -0.25) is 9.88 Å². The first-order chi connectivity index (χ1) is 20.6. The van der Waals surface area contributed by atoms with E-state index in [9.17, 15) is 9.90 Å². The SMILES string of the molecule is O=C(O)c1ccc2nc(CN3CCC(c4cccc(OCc5cc6ccccc6cn5)n4)CC3)n(CC3CCO3)c2c1. The van der Waals surface area contributed by atoms with E-state index in [1.165, 1.54) is 0 Å². The fourth-order valence-corrected chi connectivity index (χ4v) is 5.94. The lowest BCUT2D eigenvalue weighted by molar-refractivity contribution is -0.0592. The van der Waals surface area contributed by atoms with Crippen LogP contribution in [0.5, 0.6) is 5.88 Å². The van der Waals surface area contributed by atoms with Gasteiger partial charge in [0.15, 0.2) is 0 Å². The average molecular weight is 564 g/mol. The van der Waals surface area contributed by atoms with Gasteiger partial charge in [-0.05, 0) is 68.1 Å². The minimum Gasteiger partial charge on any atom is -0.478 e. The number of hydrogen-bond donors (Lipinski definition) is 1. The molecule has 3 aromatic heterocycles. The molecule has 2 aliphatic heterocycles. The van der Waals surface area contributed by atoms with Crippen molar-refractivity contribution in [2.45, 2.75) is 51.0 Å². The van der Waals surface area contributed by atoms with E-state index in [1.807, 2.05) is 36.5 Å². The first-order valence-corrected chi connectivity index (χ1v) is 14.6. The van der Waals surface area contributed by atoms with Crippen molar-refractivity contribution in [2.24, 2.45) is 0 Å². The Morgan fingerprint density at radius 2 is 1.81 bits per heavy atom. The number of ether oxygens (including phenoxy) is 2. The van der Waals surface area contributed by atoms with Crippen LogP contribution in [0.15, 0.2) is 72.9 Å². The third kappa shape index (κ3) is 5.57. The Kier molecular flexibility index (Phi) is 7.27. The predicted octanol–water partition coefficient (Wildman–Crippen LogP) is 5.43. The van der Waals surface area contributed by atoms with Gasteiger partial charge in [0, 0.05) is 35.9 Å². The van der Waals surface area contributed by atoms with Crippen molar-refractivity contribution in [1.29, 1.82) is 0 Å². The molecule has 5 heterocycles. The zero-order valence-corrected chi connectivity index (χ0v) is 23.4. The third-order valence-corrected chi connectivity index (χ3v) is 8.43. The molecule has 0 radical (unpaired) electrons. The Morgan fingerprint density at radius 1 is 0.976 bits per heavy atom. The zero-order chi connectivity index (χ0) is 28.5. The van der Waals surface area contributed by atoms with E-state index < -0.39 is 5.97 Å². The zero-order valence-electron chi connectivity index (χ0n) is 23.4. The Bertz CT molecular complexity index is 1740. The summed E-state index contributed by atoms with van der Waals surface area (Å²) in [5, 5.41) is 11.8. The number of carboxylic acid groups (broad SMARTS) is 1. The Morgan fingerprint density at radius 3 is 2.60 bits per heavy atom. The summed E-state index contributed by atoms with van der Waals surface area (Å²) in [6.07, 6.45) is 5.04. The molecule has 5 aromatic rings. The highest BCUT2D eigenvalue weighted by molar-refractivity contribution is 5.92. The second kappa shape index (κ2) is 11.5. The number of nitrogens with zero attached hydrogens (tertiary/aromatic N) is 5. The summed E-state index contributed by atoms with van der Waals surface area (Å²) in [5.74, 6) is 1.01. The van der Waals surface area contributed by atoms with Gasteiger partial charge in [0.1, 0.15) is 12.4 Å². The summed E-state index contributed by atoms with van der Waals surface area (Å²) in [7, 11) is 0. The minimum absolute atomic E-state index is 0.151. The molecule has 1 atom stereocenters. The topological polar surface area (TPSA) is 103 Å². The number of imidazole rings is 1. The van der Waals surface area contributed by atoms with Gasteiger partial charge in [-0.1, -0.05) is 30.3 Å². The third-order valence-electron chi connectivity index (χ3n) is 8.43. The van der Waals surface area contributed by atoms with Crippen molar-refractivity contribution in [3.05, 3.63) is 95.7 Å². The Balaban J connectivity index is 1.000. The number of likely N-dealkylation sites (tertiary alicyclic amines) is 1. The van der Waals surface area contributed by atoms with Crippen LogP contribution >= 0.6 is 0 Å². The van der Waals surface area contributed by atoms with Crippen molar-refractivity contribution in [2.75, 3.05) is 19.7 Å². The van der Waals surface area contributed by atoms with E-state index in [0.29, 0.717) is 31.5 Å². The molecular weight excluding hydrogens is 530 g/mol. The lowest BCUT2D eigenvalue weighted by Gasteiger charge is -2.32. The molecule has 0 spiro atoms. The van der Waals surface area contributed by atoms with E-state index in [4.69, 9.17) is 19.4 Å². The highest BCUT2D eigenvalue weighted by Gasteiger charge is 2.26. The van der Waals surface area contributed by atoms with Gasteiger partial charge in [0.25, 0.3) is 0 Å². The summed E-state index contributed by atoms with van der Waals surface area (Å²) in [5.41, 5.74) is 3.90. The van der Waals surface area contributed by atoms with Crippen molar-refractivity contribution in [1.82, 2.24) is 24.4 Å². The first-order valence-electron chi connectivity index (χ1n) is 14.6. The molecular formula is C33H33N5O4. The summed E-state index contributed by atoms with van der Waals surface area (Å²) < 4.78 is 13.9. The smallest absolute Gasteiger partial charge is 0.335 e. The molecule has 214 valence electrons. The second-order valence-electron chi connectivity index (χ2n) is 11.2. The normalized spacial score (nSPS) is 17.9. The second-order valence-corrected chi connectivity index (χ2v) is 11.2.